The number of aryl methyl sites for hydroxylation is 2. The van der Waals surface area contributed by atoms with Gasteiger partial charge >= 0.3 is 0 Å². The highest BCUT2D eigenvalue weighted by Gasteiger charge is 2.47. The fourth-order valence-corrected chi connectivity index (χ4v) is 3.93. The Balaban J connectivity index is 1.97. The Morgan fingerprint density at radius 3 is 2.29 bits per heavy atom. The summed E-state index contributed by atoms with van der Waals surface area (Å²) in [5.41, 5.74) is 3.42. The molecule has 1 heterocycles. The Morgan fingerprint density at radius 2 is 1.65 bits per heavy atom. The summed E-state index contributed by atoms with van der Waals surface area (Å²) in [6.07, 6.45) is 0. The zero-order valence-corrected chi connectivity index (χ0v) is 17.7. The lowest BCUT2D eigenvalue weighted by atomic mass is 9.94. The van der Waals surface area contributed by atoms with Crippen molar-refractivity contribution in [3.05, 3.63) is 99.6 Å². The first kappa shape index (κ1) is 20.7. The number of anilines is 1. The Morgan fingerprint density at radius 1 is 0.935 bits per heavy atom. The molecule has 0 bridgehead atoms. The summed E-state index contributed by atoms with van der Waals surface area (Å²) in [6, 6.07) is 17.7. The summed E-state index contributed by atoms with van der Waals surface area (Å²) in [7, 11) is 0. The number of benzene rings is 3. The largest absolute Gasteiger partial charge is 0.507 e. The molecule has 1 amide bonds. The van der Waals surface area contributed by atoms with Gasteiger partial charge in [0.25, 0.3) is 11.7 Å². The number of phenols is 1. The molecule has 1 fully saturated rings. The van der Waals surface area contributed by atoms with Crippen molar-refractivity contribution in [3.8, 4) is 5.75 Å². The molecule has 0 radical (unpaired) electrons. The van der Waals surface area contributed by atoms with E-state index in [0.29, 0.717) is 16.8 Å². The molecule has 156 valence electrons. The molecule has 1 unspecified atom stereocenters. The summed E-state index contributed by atoms with van der Waals surface area (Å²) in [4.78, 5) is 27.5. The van der Waals surface area contributed by atoms with Gasteiger partial charge in [-0.15, -0.1) is 0 Å². The highest BCUT2D eigenvalue weighted by Crippen LogP contribution is 2.43. The van der Waals surface area contributed by atoms with Crippen LogP contribution in [0, 0.1) is 13.8 Å². The van der Waals surface area contributed by atoms with E-state index >= 15 is 0 Å². The van der Waals surface area contributed by atoms with Gasteiger partial charge in [0.15, 0.2) is 0 Å². The number of nitrogens with zero attached hydrogens (tertiary/aromatic N) is 1. The van der Waals surface area contributed by atoms with Crippen LogP contribution in [0.25, 0.3) is 5.76 Å². The van der Waals surface area contributed by atoms with Gasteiger partial charge in [0.2, 0.25) is 0 Å². The minimum absolute atomic E-state index is 0.0288. The van der Waals surface area contributed by atoms with Crippen LogP contribution >= 0.6 is 11.6 Å². The van der Waals surface area contributed by atoms with Crippen LogP contribution < -0.4 is 4.90 Å². The first-order valence-corrected chi connectivity index (χ1v) is 10.1. The summed E-state index contributed by atoms with van der Waals surface area (Å²) in [5.74, 6) is -1.90. The number of carbonyl (C=O) groups excluding carboxylic acids is 2. The van der Waals surface area contributed by atoms with Crippen LogP contribution in [0.3, 0.4) is 0 Å². The topological polar surface area (TPSA) is 77.8 Å². The van der Waals surface area contributed by atoms with Gasteiger partial charge in [0, 0.05) is 11.3 Å². The molecule has 0 aromatic heterocycles. The Bertz CT molecular complexity index is 1230. The number of phenolic OH excluding ortho intramolecular Hbond substituents is 1. The van der Waals surface area contributed by atoms with Gasteiger partial charge in [-0.1, -0.05) is 48.0 Å². The first-order chi connectivity index (χ1) is 14.8. The number of hydrogen-bond acceptors (Lipinski definition) is 4. The van der Waals surface area contributed by atoms with Crippen LogP contribution in [0.15, 0.2) is 72.3 Å². The monoisotopic (exact) mass is 433 g/mol. The van der Waals surface area contributed by atoms with E-state index < -0.39 is 17.7 Å². The fraction of sp³-hybridized carbons (Fsp3) is 0.120. The SMILES string of the molecule is Cc1ccc(/C(O)=C2/C(=O)C(=O)N(c3ccccc3)C2c2ccc(O)c(Cl)c2)cc1C. The molecule has 31 heavy (non-hydrogen) atoms. The quantitative estimate of drug-likeness (QED) is 0.334. The second-order valence-corrected chi connectivity index (χ2v) is 7.92. The van der Waals surface area contributed by atoms with Gasteiger partial charge in [0.05, 0.1) is 16.6 Å². The van der Waals surface area contributed by atoms with Gasteiger partial charge in [-0.3, -0.25) is 14.5 Å². The number of rotatable bonds is 3. The van der Waals surface area contributed by atoms with Crippen LogP contribution in [-0.4, -0.2) is 21.9 Å². The van der Waals surface area contributed by atoms with Gasteiger partial charge in [0.1, 0.15) is 11.5 Å². The van der Waals surface area contributed by atoms with E-state index in [1.807, 2.05) is 26.0 Å². The van der Waals surface area contributed by atoms with Crippen molar-refractivity contribution in [1.29, 1.82) is 0 Å². The van der Waals surface area contributed by atoms with Crippen molar-refractivity contribution in [3.63, 3.8) is 0 Å². The van der Waals surface area contributed by atoms with E-state index in [0.717, 1.165) is 11.1 Å². The number of ketones is 1. The smallest absolute Gasteiger partial charge is 0.300 e. The number of aliphatic hydroxyl groups excluding tert-OH is 1. The van der Waals surface area contributed by atoms with E-state index in [1.54, 1.807) is 42.5 Å². The summed E-state index contributed by atoms with van der Waals surface area (Å²) in [6.45, 7) is 3.86. The molecule has 0 spiro atoms. The number of amides is 1. The van der Waals surface area contributed by atoms with E-state index in [1.165, 1.54) is 17.0 Å². The van der Waals surface area contributed by atoms with Gasteiger partial charge in [-0.25, -0.2) is 0 Å². The van der Waals surface area contributed by atoms with Crippen LogP contribution in [0.4, 0.5) is 5.69 Å². The Hall–Kier alpha value is -3.57. The second kappa shape index (κ2) is 7.93. The van der Waals surface area contributed by atoms with Gasteiger partial charge in [-0.05, 0) is 60.9 Å². The number of aromatic hydroxyl groups is 1. The third kappa shape index (κ3) is 3.57. The second-order valence-electron chi connectivity index (χ2n) is 7.51. The normalized spacial score (nSPS) is 17.9. The molecular weight excluding hydrogens is 414 g/mol. The third-order valence-electron chi connectivity index (χ3n) is 5.55. The molecule has 0 aliphatic carbocycles. The predicted molar refractivity (Wildman–Crippen MR) is 120 cm³/mol. The zero-order chi connectivity index (χ0) is 22.3. The third-order valence-corrected chi connectivity index (χ3v) is 5.85. The maximum absolute atomic E-state index is 13.1. The highest BCUT2D eigenvalue weighted by molar-refractivity contribution is 6.51. The Kier molecular flexibility index (Phi) is 5.29. The van der Waals surface area contributed by atoms with E-state index in [-0.39, 0.29) is 22.1 Å². The Labute approximate surface area is 184 Å². The molecule has 3 aromatic rings. The molecular formula is C25H20ClNO4. The molecule has 1 atom stereocenters. The lowest BCUT2D eigenvalue weighted by molar-refractivity contribution is -0.132. The van der Waals surface area contributed by atoms with Crippen molar-refractivity contribution >= 4 is 34.7 Å². The van der Waals surface area contributed by atoms with Crippen molar-refractivity contribution in [2.75, 3.05) is 4.90 Å². The highest BCUT2D eigenvalue weighted by atomic mass is 35.5. The lowest BCUT2D eigenvalue weighted by Crippen LogP contribution is -2.29. The number of carbonyl (C=O) groups is 2. The predicted octanol–water partition coefficient (Wildman–Crippen LogP) is 5.29. The average molecular weight is 434 g/mol. The van der Waals surface area contributed by atoms with Gasteiger partial charge < -0.3 is 10.2 Å². The molecule has 1 aliphatic heterocycles. The minimum atomic E-state index is -0.901. The maximum Gasteiger partial charge on any atom is 0.300 e. The molecule has 1 saturated heterocycles. The average Bonchev–Trinajstić information content (AvgIpc) is 3.03. The maximum atomic E-state index is 13.1. The molecule has 5 nitrogen and oxygen atoms in total. The standard InChI is InChI=1S/C25H20ClNO4/c1-14-8-9-17(12-15(14)2)23(29)21-22(16-10-11-20(28)19(26)13-16)27(25(31)24(21)30)18-6-4-3-5-7-18/h3-13,22,28-29H,1-2H3/b23-21-. The minimum Gasteiger partial charge on any atom is -0.507 e. The van der Waals surface area contributed by atoms with Crippen LogP contribution in [0.1, 0.15) is 28.3 Å². The van der Waals surface area contributed by atoms with Crippen molar-refractivity contribution in [2.24, 2.45) is 0 Å². The number of aliphatic hydroxyl groups is 1. The zero-order valence-electron chi connectivity index (χ0n) is 17.0. The summed E-state index contributed by atoms with van der Waals surface area (Å²) in [5, 5.41) is 21.1. The van der Waals surface area contributed by atoms with Crippen LogP contribution in [0.2, 0.25) is 5.02 Å². The van der Waals surface area contributed by atoms with E-state index in [2.05, 4.69) is 0 Å². The van der Waals surface area contributed by atoms with E-state index in [4.69, 9.17) is 11.6 Å². The molecule has 3 aromatic carbocycles. The van der Waals surface area contributed by atoms with Crippen molar-refractivity contribution in [1.82, 2.24) is 0 Å². The van der Waals surface area contributed by atoms with Gasteiger partial charge in [-0.2, -0.15) is 0 Å². The fourth-order valence-electron chi connectivity index (χ4n) is 3.74. The number of para-hydroxylation sites is 1. The first-order valence-electron chi connectivity index (χ1n) is 9.71. The van der Waals surface area contributed by atoms with Crippen molar-refractivity contribution in [2.45, 2.75) is 19.9 Å². The number of halogens is 1. The summed E-state index contributed by atoms with van der Waals surface area (Å²) < 4.78 is 0. The molecule has 4 rings (SSSR count). The van der Waals surface area contributed by atoms with Crippen LogP contribution in [0.5, 0.6) is 5.75 Å². The molecule has 0 saturated carbocycles. The molecule has 6 heteroatoms. The number of Topliss-reactive ketones (excluding diaryl/α,β-unsaturated/α-hetero) is 1. The van der Waals surface area contributed by atoms with E-state index in [9.17, 15) is 19.8 Å². The summed E-state index contributed by atoms with van der Waals surface area (Å²) >= 11 is 6.12. The lowest BCUT2D eigenvalue weighted by Gasteiger charge is -2.25. The molecule has 2 N–H and O–H groups in total. The van der Waals surface area contributed by atoms with Crippen molar-refractivity contribution < 1.29 is 19.8 Å². The number of hydrogen-bond donors (Lipinski definition) is 2. The molecule has 1 aliphatic rings. The van der Waals surface area contributed by atoms with Crippen LogP contribution in [-0.2, 0) is 9.59 Å².